The maximum Gasteiger partial charge on any atom is 0.251 e. The van der Waals surface area contributed by atoms with Crippen LogP contribution in [0.2, 0.25) is 0 Å². The Hall–Kier alpha value is -0.140. The summed E-state index contributed by atoms with van der Waals surface area (Å²) in [5.41, 5.74) is 0. The standard InChI is InChI=1S/C5H7F2/c1-5(6,7)4-2-3-4/h4H,1-3H2. The van der Waals surface area contributed by atoms with Gasteiger partial charge in [-0.3, -0.25) is 0 Å². The summed E-state index contributed by atoms with van der Waals surface area (Å²) in [7, 11) is 0. The first-order chi connectivity index (χ1) is 3.11. The Morgan fingerprint density at radius 3 is 1.86 bits per heavy atom. The van der Waals surface area contributed by atoms with Crippen molar-refractivity contribution in [2.45, 2.75) is 18.8 Å². The van der Waals surface area contributed by atoms with E-state index in [1.54, 1.807) is 0 Å². The minimum Gasteiger partial charge on any atom is -0.207 e. The van der Waals surface area contributed by atoms with Gasteiger partial charge in [-0.05, 0) is 12.8 Å². The van der Waals surface area contributed by atoms with Crippen molar-refractivity contribution in [1.29, 1.82) is 0 Å². The van der Waals surface area contributed by atoms with Crippen molar-refractivity contribution >= 4 is 0 Å². The number of rotatable bonds is 1. The van der Waals surface area contributed by atoms with Gasteiger partial charge in [0.05, 0.1) is 0 Å². The van der Waals surface area contributed by atoms with Gasteiger partial charge in [-0.25, -0.2) is 8.78 Å². The molecule has 0 amide bonds. The minimum atomic E-state index is -2.64. The Kier molecular flexibility index (Phi) is 0.839. The third-order valence-electron chi connectivity index (χ3n) is 1.17. The lowest BCUT2D eigenvalue weighted by Gasteiger charge is -2.04. The van der Waals surface area contributed by atoms with Crippen LogP contribution in [0.4, 0.5) is 8.78 Å². The molecule has 0 saturated heterocycles. The molecule has 0 spiro atoms. The molecule has 7 heavy (non-hydrogen) atoms. The topological polar surface area (TPSA) is 0 Å². The van der Waals surface area contributed by atoms with Crippen LogP contribution in [0.25, 0.3) is 0 Å². The lowest BCUT2D eigenvalue weighted by Crippen LogP contribution is -2.11. The van der Waals surface area contributed by atoms with E-state index in [0.717, 1.165) is 0 Å². The molecular formula is C5H7F2. The fourth-order valence-corrected chi connectivity index (χ4v) is 0.506. The first kappa shape index (κ1) is 5.01. The van der Waals surface area contributed by atoms with Crippen molar-refractivity contribution in [1.82, 2.24) is 0 Å². The summed E-state index contributed by atoms with van der Waals surface area (Å²) >= 11 is 0. The second kappa shape index (κ2) is 1.17. The maximum absolute atomic E-state index is 11.8. The molecule has 1 aliphatic carbocycles. The SMILES string of the molecule is [CH2]C(F)(F)C1CC1. The van der Waals surface area contributed by atoms with E-state index in [-0.39, 0.29) is 0 Å². The van der Waals surface area contributed by atoms with Crippen LogP contribution >= 0.6 is 0 Å². The third-order valence-corrected chi connectivity index (χ3v) is 1.17. The van der Waals surface area contributed by atoms with Crippen LogP contribution in [0.3, 0.4) is 0 Å². The van der Waals surface area contributed by atoms with Crippen molar-refractivity contribution < 1.29 is 8.78 Å². The molecule has 0 bridgehead atoms. The fourth-order valence-electron chi connectivity index (χ4n) is 0.506. The van der Waals surface area contributed by atoms with Crippen molar-refractivity contribution in [3.8, 4) is 0 Å². The van der Waals surface area contributed by atoms with Gasteiger partial charge in [0.1, 0.15) is 0 Å². The van der Waals surface area contributed by atoms with Gasteiger partial charge < -0.3 is 0 Å². The van der Waals surface area contributed by atoms with E-state index in [1.807, 2.05) is 0 Å². The van der Waals surface area contributed by atoms with E-state index in [9.17, 15) is 8.78 Å². The molecule has 0 heterocycles. The average molecular weight is 105 g/mol. The number of hydrogen-bond donors (Lipinski definition) is 0. The summed E-state index contributed by atoms with van der Waals surface area (Å²) in [5.74, 6) is -3.03. The van der Waals surface area contributed by atoms with E-state index < -0.39 is 11.8 Å². The summed E-state index contributed by atoms with van der Waals surface area (Å²) in [5, 5.41) is 0. The van der Waals surface area contributed by atoms with Crippen LogP contribution in [0.15, 0.2) is 0 Å². The number of halogens is 2. The summed E-state index contributed by atoms with van der Waals surface area (Å²) < 4.78 is 23.6. The van der Waals surface area contributed by atoms with Crippen molar-refractivity contribution in [2.75, 3.05) is 0 Å². The Bertz CT molecular complexity index is 68.6. The van der Waals surface area contributed by atoms with Gasteiger partial charge in [-0.2, -0.15) is 0 Å². The van der Waals surface area contributed by atoms with E-state index in [4.69, 9.17) is 0 Å². The van der Waals surface area contributed by atoms with Gasteiger partial charge in [-0.15, -0.1) is 0 Å². The zero-order valence-electron chi connectivity index (χ0n) is 3.95. The largest absolute Gasteiger partial charge is 0.251 e. The monoisotopic (exact) mass is 105 g/mol. The van der Waals surface area contributed by atoms with E-state index in [1.165, 1.54) is 0 Å². The molecule has 1 saturated carbocycles. The van der Waals surface area contributed by atoms with Crippen molar-refractivity contribution in [2.24, 2.45) is 5.92 Å². The van der Waals surface area contributed by atoms with E-state index >= 15 is 0 Å². The average Bonchev–Trinajstić information content (AvgIpc) is 1.99. The Morgan fingerprint density at radius 1 is 1.43 bits per heavy atom. The molecule has 0 nitrogen and oxygen atoms in total. The third kappa shape index (κ3) is 1.11. The molecule has 1 aliphatic rings. The maximum atomic E-state index is 11.8. The van der Waals surface area contributed by atoms with Gasteiger partial charge >= 0.3 is 0 Å². The first-order valence-electron chi connectivity index (χ1n) is 2.34. The molecule has 0 unspecified atom stereocenters. The fraction of sp³-hybridized carbons (Fsp3) is 0.800. The molecule has 0 aromatic carbocycles. The molecule has 0 atom stereocenters. The summed E-state index contributed by atoms with van der Waals surface area (Å²) in [6.07, 6.45) is 1.33. The van der Waals surface area contributed by atoms with Gasteiger partial charge in [0.2, 0.25) is 0 Å². The Labute approximate surface area is 41.5 Å². The lowest BCUT2D eigenvalue weighted by molar-refractivity contribution is 0.0274. The van der Waals surface area contributed by atoms with Crippen molar-refractivity contribution in [3.05, 3.63) is 6.92 Å². The van der Waals surface area contributed by atoms with Crippen LogP contribution in [-0.4, -0.2) is 5.92 Å². The molecular weight excluding hydrogens is 98.1 g/mol. The predicted octanol–water partition coefficient (Wildman–Crippen LogP) is 1.87. The summed E-state index contributed by atoms with van der Waals surface area (Å²) in [4.78, 5) is 0. The van der Waals surface area contributed by atoms with Crippen LogP contribution in [0.1, 0.15) is 12.8 Å². The minimum absolute atomic E-state index is 0.396. The number of alkyl halides is 2. The van der Waals surface area contributed by atoms with Gasteiger partial charge in [-0.1, -0.05) is 0 Å². The highest BCUT2D eigenvalue weighted by atomic mass is 19.3. The molecule has 0 N–H and O–H groups in total. The summed E-state index contributed by atoms with van der Waals surface area (Å²) in [6.45, 7) is 2.70. The van der Waals surface area contributed by atoms with Crippen LogP contribution < -0.4 is 0 Å². The molecule has 0 aliphatic heterocycles. The zero-order valence-corrected chi connectivity index (χ0v) is 3.95. The zero-order chi connectivity index (χ0) is 5.49. The first-order valence-corrected chi connectivity index (χ1v) is 2.34. The molecule has 0 aromatic rings. The highest BCUT2D eigenvalue weighted by Gasteiger charge is 2.42. The highest BCUT2D eigenvalue weighted by Crippen LogP contribution is 2.42. The molecule has 2 heteroatoms. The number of hydrogen-bond acceptors (Lipinski definition) is 0. The van der Waals surface area contributed by atoms with Gasteiger partial charge in [0.25, 0.3) is 5.92 Å². The molecule has 1 rings (SSSR count). The Balaban J connectivity index is 2.36. The Morgan fingerprint density at radius 2 is 1.86 bits per heavy atom. The normalized spacial score (nSPS) is 22.7. The van der Waals surface area contributed by atoms with Crippen LogP contribution in [-0.2, 0) is 0 Å². The van der Waals surface area contributed by atoms with E-state index in [2.05, 4.69) is 6.92 Å². The van der Waals surface area contributed by atoms with E-state index in [0.29, 0.717) is 12.8 Å². The second-order valence-electron chi connectivity index (χ2n) is 2.04. The molecule has 1 fully saturated rings. The molecule has 0 aromatic heterocycles. The van der Waals surface area contributed by atoms with Gasteiger partial charge in [0.15, 0.2) is 0 Å². The van der Waals surface area contributed by atoms with Crippen molar-refractivity contribution in [3.63, 3.8) is 0 Å². The summed E-state index contributed by atoms with van der Waals surface area (Å²) in [6, 6.07) is 0. The second-order valence-corrected chi connectivity index (χ2v) is 2.04. The molecule has 41 valence electrons. The van der Waals surface area contributed by atoms with Crippen LogP contribution in [0.5, 0.6) is 0 Å². The smallest absolute Gasteiger partial charge is 0.207 e. The quantitative estimate of drug-likeness (QED) is 0.477. The molecule has 1 radical (unpaired) electrons. The van der Waals surface area contributed by atoms with Crippen LogP contribution in [0, 0.1) is 12.8 Å². The highest BCUT2D eigenvalue weighted by molar-refractivity contribution is 4.88. The predicted molar refractivity (Wildman–Crippen MR) is 23.0 cm³/mol. The van der Waals surface area contributed by atoms with Gasteiger partial charge in [0, 0.05) is 12.8 Å². The lowest BCUT2D eigenvalue weighted by atomic mass is 10.3.